The van der Waals surface area contributed by atoms with Crippen molar-refractivity contribution in [3.05, 3.63) is 43.7 Å². The number of carbonyl (C=O) groups is 1. The van der Waals surface area contributed by atoms with Crippen LogP contribution in [0, 0.1) is 3.57 Å². The zero-order chi connectivity index (χ0) is 15.3. The lowest BCUT2D eigenvalue weighted by Gasteiger charge is -2.04. The lowest BCUT2D eigenvalue weighted by Crippen LogP contribution is -3.59. The van der Waals surface area contributed by atoms with E-state index in [0.29, 0.717) is 0 Å². The second-order valence-electron chi connectivity index (χ2n) is 5.09. The molecule has 1 rings (SSSR count). The Morgan fingerprint density at radius 1 is 1.10 bits per heavy atom. The fraction of sp³-hybridized carbons (Fsp3) is 0.500. The number of esters is 1. The highest BCUT2D eigenvalue weighted by atomic mass is 127. The Labute approximate surface area is 139 Å². The van der Waals surface area contributed by atoms with Gasteiger partial charge in [-0.15, -0.1) is 0 Å². The molecule has 116 valence electrons. The minimum absolute atomic E-state index is 0.204. The fourth-order valence-electron chi connectivity index (χ4n) is 2.00. The van der Waals surface area contributed by atoms with Gasteiger partial charge in [-0.2, -0.15) is 0 Å². The number of allylic oxidation sites excluding steroid dienone is 1. The lowest BCUT2D eigenvalue weighted by molar-refractivity contribution is -0.558. The number of hydrogen-bond donors (Lipinski definition) is 0. The second kappa shape index (κ2) is 11.8. The Morgan fingerprint density at radius 2 is 1.76 bits per heavy atom. The molecule has 0 fully saturated rings. The first-order valence-corrected chi connectivity index (χ1v) is 10.1. The van der Waals surface area contributed by atoms with E-state index in [9.17, 15) is 4.79 Å². The normalized spacial score (nSPS) is 11.4. The largest absolute Gasteiger partial charge is 0.427 e. The quantitative estimate of drug-likeness (QED) is 0.260. The number of rotatable bonds is 10. The van der Waals surface area contributed by atoms with Crippen molar-refractivity contribution in [1.82, 2.24) is 0 Å². The van der Waals surface area contributed by atoms with Crippen LogP contribution in [0.1, 0.15) is 58.8 Å². The van der Waals surface area contributed by atoms with Crippen molar-refractivity contribution in [2.45, 2.75) is 58.8 Å². The van der Waals surface area contributed by atoms with E-state index in [0.717, 1.165) is 18.6 Å². The van der Waals surface area contributed by atoms with Gasteiger partial charge in [-0.3, -0.25) is 4.79 Å². The molecule has 0 atom stereocenters. The van der Waals surface area contributed by atoms with Crippen LogP contribution in [0.25, 0.3) is 0 Å². The molecule has 3 heteroatoms. The van der Waals surface area contributed by atoms with E-state index >= 15 is 0 Å². The molecule has 0 N–H and O–H groups in total. The molecule has 0 bridgehead atoms. The first kappa shape index (κ1) is 18.2. The molecule has 0 aliphatic rings. The van der Waals surface area contributed by atoms with Crippen LogP contribution >= 0.6 is 0 Å². The zero-order valence-corrected chi connectivity index (χ0v) is 15.3. The summed E-state index contributed by atoms with van der Waals surface area (Å²) in [7, 11) is 0. The maximum atomic E-state index is 11.2. The highest BCUT2D eigenvalue weighted by Crippen LogP contribution is 2.11. The van der Waals surface area contributed by atoms with Gasteiger partial charge in [0.2, 0.25) is 0 Å². The van der Waals surface area contributed by atoms with Gasteiger partial charge in [-0.25, -0.2) is 0 Å². The van der Waals surface area contributed by atoms with Crippen LogP contribution in [-0.4, -0.2) is 5.97 Å². The monoisotopic (exact) mass is 401 g/mol. The molecular formula is C18H26IO2+. The van der Waals surface area contributed by atoms with Crippen LogP contribution in [-0.2, 0) is 9.53 Å². The summed E-state index contributed by atoms with van der Waals surface area (Å²) < 4.78 is 8.85. The van der Waals surface area contributed by atoms with Crippen molar-refractivity contribution >= 4 is 5.97 Å². The molecule has 0 radical (unpaired) electrons. The summed E-state index contributed by atoms with van der Waals surface area (Å²) in [6.45, 7) is 3.71. The third-order valence-corrected chi connectivity index (χ3v) is 5.53. The maximum absolute atomic E-state index is 11.2. The summed E-state index contributed by atoms with van der Waals surface area (Å²) in [5.41, 5.74) is 0. The summed E-state index contributed by atoms with van der Waals surface area (Å²) >= 11 is -0.217. The number of unbranched alkanes of at least 4 members (excludes halogenated alkanes) is 5. The molecule has 0 amide bonds. The van der Waals surface area contributed by atoms with Gasteiger partial charge in [0.1, 0.15) is 0 Å². The molecule has 1 aromatic carbocycles. The molecule has 0 saturated carbocycles. The first-order chi connectivity index (χ1) is 10.2. The zero-order valence-electron chi connectivity index (χ0n) is 13.1. The average molecular weight is 401 g/mol. The molecule has 0 aliphatic heterocycles. The SMILES string of the molecule is CCCCCCCC/C(=C\[I+]c1ccccc1)OC(C)=O. The summed E-state index contributed by atoms with van der Waals surface area (Å²) in [6, 6.07) is 10.4. The third kappa shape index (κ3) is 9.67. The van der Waals surface area contributed by atoms with E-state index < -0.39 is 0 Å². The van der Waals surface area contributed by atoms with Crippen molar-refractivity contribution in [1.29, 1.82) is 0 Å². The maximum Gasteiger partial charge on any atom is 0.353 e. The van der Waals surface area contributed by atoms with Gasteiger partial charge in [-0.1, -0.05) is 57.2 Å². The number of halogens is 1. The minimum Gasteiger partial charge on any atom is -0.427 e. The Kier molecular flexibility index (Phi) is 10.2. The summed E-state index contributed by atoms with van der Waals surface area (Å²) in [6.07, 6.45) is 8.43. The van der Waals surface area contributed by atoms with Crippen molar-refractivity contribution in [2.75, 3.05) is 0 Å². The predicted octanol–water partition coefficient (Wildman–Crippen LogP) is 2.10. The summed E-state index contributed by atoms with van der Waals surface area (Å²) in [5.74, 6) is 0.666. The molecule has 21 heavy (non-hydrogen) atoms. The minimum atomic E-state index is -0.217. The molecule has 0 heterocycles. The van der Waals surface area contributed by atoms with E-state index in [2.05, 4.69) is 35.3 Å². The summed E-state index contributed by atoms with van der Waals surface area (Å²) in [5, 5.41) is 0. The van der Waals surface area contributed by atoms with Gasteiger partial charge in [-0.05, 0) is 18.6 Å². The van der Waals surface area contributed by atoms with Crippen LogP contribution in [0.5, 0.6) is 0 Å². The van der Waals surface area contributed by atoms with Crippen LogP contribution in [0.3, 0.4) is 0 Å². The molecular weight excluding hydrogens is 375 g/mol. The number of hydrogen-bond acceptors (Lipinski definition) is 2. The standard InChI is InChI=1S/C18H26IO2/c1-3-4-5-6-7-11-14-18(21-16(2)20)15-19-17-12-9-8-10-13-17/h8-10,12-13,15H,3-7,11,14H2,1-2H3/q+1/b18-15+. The number of ether oxygens (including phenoxy) is 1. The van der Waals surface area contributed by atoms with E-state index in [1.807, 2.05) is 6.07 Å². The van der Waals surface area contributed by atoms with Crippen molar-refractivity contribution < 1.29 is 30.7 Å². The topological polar surface area (TPSA) is 26.3 Å². The van der Waals surface area contributed by atoms with E-state index in [4.69, 9.17) is 4.74 Å². The molecule has 0 aliphatic carbocycles. The van der Waals surface area contributed by atoms with Gasteiger partial charge >= 0.3 is 27.2 Å². The van der Waals surface area contributed by atoms with E-state index in [1.54, 1.807) is 0 Å². The summed E-state index contributed by atoms with van der Waals surface area (Å²) in [4.78, 5) is 11.2. The van der Waals surface area contributed by atoms with Crippen LogP contribution in [0.4, 0.5) is 0 Å². The van der Waals surface area contributed by atoms with Gasteiger partial charge in [0.05, 0.1) is 0 Å². The van der Waals surface area contributed by atoms with Crippen molar-refractivity contribution in [2.24, 2.45) is 0 Å². The van der Waals surface area contributed by atoms with Crippen molar-refractivity contribution in [3.63, 3.8) is 0 Å². The molecule has 0 unspecified atom stereocenters. The lowest BCUT2D eigenvalue weighted by atomic mass is 10.1. The number of carbonyl (C=O) groups excluding carboxylic acids is 1. The molecule has 1 aromatic rings. The Morgan fingerprint density at radius 3 is 2.43 bits per heavy atom. The van der Waals surface area contributed by atoms with E-state index in [1.165, 1.54) is 42.6 Å². The van der Waals surface area contributed by atoms with Gasteiger partial charge in [0, 0.05) is 13.3 Å². The second-order valence-corrected chi connectivity index (χ2v) is 7.58. The fourth-order valence-corrected chi connectivity index (χ4v) is 3.98. The first-order valence-electron chi connectivity index (χ1n) is 7.78. The molecule has 2 nitrogen and oxygen atoms in total. The molecule has 0 spiro atoms. The highest BCUT2D eigenvalue weighted by Gasteiger charge is 2.12. The van der Waals surface area contributed by atoms with Gasteiger partial charge in [0.25, 0.3) is 0 Å². The number of benzene rings is 1. The average Bonchev–Trinajstić information content (AvgIpc) is 2.48. The van der Waals surface area contributed by atoms with Gasteiger partial charge in [0.15, 0.2) is 13.4 Å². The Balaban J connectivity index is 2.38. The highest BCUT2D eigenvalue weighted by molar-refractivity contribution is 5.67. The Bertz CT molecular complexity index is 426. The smallest absolute Gasteiger partial charge is 0.353 e. The van der Waals surface area contributed by atoms with E-state index in [-0.39, 0.29) is 27.2 Å². The molecule has 0 aromatic heterocycles. The predicted molar refractivity (Wildman–Crippen MR) is 83.0 cm³/mol. The van der Waals surface area contributed by atoms with Gasteiger partial charge < -0.3 is 4.74 Å². The Hall–Kier alpha value is -0.840. The van der Waals surface area contributed by atoms with Crippen molar-refractivity contribution in [3.8, 4) is 0 Å². The van der Waals surface area contributed by atoms with Crippen LogP contribution in [0.2, 0.25) is 0 Å². The molecule has 0 saturated heterocycles. The third-order valence-electron chi connectivity index (χ3n) is 3.09. The van der Waals surface area contributed by atoms with Crippen LogP contribution in [0.15, 0.2) is 40.2 Å². The van der Waals surface area contributed by atoms with Crippen LogP contribution < -0.4 is 21.2 Å².